The highest BCUT2D eigenvalue weighted by atomic mass is 32.2. The third kappa shape index (κ3) is 27.7. The Morgan fingerprint density at radius 3 is 1.47 bits per heavy atom. The van der Waals surface area contributed by atoms with E-state index in [4.69, 9.17) is 22.6 Å². The SMILES string of the molecule is CSCC[C@H](N)C(=O)N[C@@H](CC(=O)O)C(=O)N[C@@H](Cc1ccc(O)cc1)C(=O)N[C@@H](CC(C)C)C(=O)NCC(=O)N[C@@H](CO)C(=O)N[C@@H](CCCNC(=N)N)C(=O)N[C@@H](CCC(N)=O)C(=O)N[C@@H](Cc1ccc(O)cc1)C(=O)N[C@H](C(=O)O)C(C)C. The van der Waals surface area contributed by atoms with E-state index < -0.39 is 170 Å². The van der Waals surface area contributed by atoms with Crippen LogP contribution in [-0.4, -0.2) is 189 Å². The third-order valence-corrected chi connectivity index (χ3v) is 13.4. The van der Waals surface area contributed by atoms with Crippen LogP contribution in [0, 0.1) is 17.2 Å². The summed E-state index contributed by atoms with van der Waals surface area (Å²) in [5, 5.41) is 81.0. The molecule has 0 aliphatic carbocycles. The molecule has 0 aliphatic heterocycles. The topological polar surface area (TPSA) is 528 Å². The molecule has 476 valence electrons. The van der Waals surface area contributed by atoms with Crippen LogP contribution in [0.15, 0.2) is 48.5 Å². The van der Waals surface area contributed by atoms with E-state index in [1.54, 1.807) is 20.1 Å². The molecular formula is C54H82N14O17S. The number of aromatic hydroxyl groups is 2. The van der Waals surface area contributed by atoms with Gasteiger partial charge in [-0.15, -0.1) is 0 Å². The summed E-state index contributed by atoms with van der Waals surface area (Å²) in [5.41, 5.74) is 17.5. The number of nitrogens with one attached hydrogen (secondary N) is 11. The molecule has 2 aromatic rings. The van der Waals surface area contributed by atoms with Gasteiger partial charge in [0.25, 0.3) is 0 Å². The van der Waals surface area contributed by atoms with E-state index in [9.17, 15) is 83.1 Å². The van der Waals surface area contributed by atoms with E-state index in [0.717, 1.165) is 0 Å². The van der Waals surface area contributed by atoms with Gasteiger partial charge in [0.15, 0.2) is 5.96 Å². The maximum atomic E-state index is 14.1. The summed E-state index contributed by atoms with van der Waals surface area (Å²) in [7, 11) is 0. The van der Waals surface area contributed by atoms with Gasteiger partial charge in [-0.05, 0) is 91.3 Å². The van der Waals surface area contributed by atoms with Crippen LogP contribution >= 0.6 is 11.8 Å². The number of hydrogen-bond acceptors (Lipinski definition) is 18. The number of primary amides is 1. The lowest BCUT2D eigenvalue weighted by Gasteiger charge is -2.27. The number of guanidine groups is 1. The smallest absolute Gasteiger partial charge is 0.326 e. The normalized spacial score (nSPS) is 14.2. The quantitative estimate of drug-likeness (QED) is 0.0171. The number of carboxylic acid groups (broad SMARTS) is 2. The van der Waals surface area contributed by atoms with E-state index in [2.05, 4.69) is 53.2 Å². The minimum atomic E-state index is -1.81. The Labute approximate surface area is 500 Å². The van der Waals surface area contributed by atoms with Crippen LogP contribution in [0.2, 0.25) is 0 Å². The highest BCUT2D eigenvalue weighted by molar-refractivity contribution is 7.98. The first-order chi connectivity index (χ1) is 40.4. The summed E-state index contributed by atoms with van der Waals surface area (Å²) in [4.78, 5) is 159. The standard InChI is InChI=1S/C54H82N14O17S/c1-27(2)21-36(65-49(80)37(22-29-8-12-31(70)13-9-29)67-50(81)39(24-43(74)75)64-45(76)33(55)18-20-86-5)46(77)60-25-42(73)61-40(26-69)52(83)62-34(7-6-19-59-54(57)58)47(78)63-35(16-17-41(56)72)48(79)66-38(23-30-10-14-32(71)15-11-30)51(82)68-44(28(3)4)53(84)85/h8-15,27-28,33-40,44,69-71H,6-7,16-26,55H2,1-5H3,(H2,56,72)(H,60,77)(H,61,73)(H,62,83)(H,63,78)(H,64,76)(H,65,80)(H,66,79)(H,67,81)(H,68,82)(H,74,75)(H,84,85)(H4,57,58,59)/t33-,34-,35-,36-,37-,38-,39-,40-,44-/m0/s1. The van der Waals surface area contributed by atoms with Gasteiger partial charge in [-0.1, -0.05) is 52.0 Å². The van der Waals surface area contributed by atoms with Crippen LogP contribution in [0.3, 0.4) is 0 Å². The number of phenolic OH excluding ortho intramolecular Hbond substituents is 2. The van der Waals surface area contributed by atoms with E-state index in [1.165, 1.54) is 74.1 Å². The minimum absolute atomic E-state index is 0.0169. The highest BCUT2D eigenvalue weighted by Gasteiger charge is 2.35. The molecule has 0 aliphatic rings. The summed E-state index contributed by atoms with van der Waals surface area (Å²) in [6.45, 7) is 4.52. The van der Waals surface area contributed by atoms with Crippen molar-refractivity contribution in [2.45, 2.75) is 140 Å². The molecule has 31 nitrogen and oxygen atoms in total. The van der Waals surface area contributed by atoms with Crippen molar-refractivity contribution in [3.63, 3.8) is 0 Å². The third-order valence-electron chi connectivity index (χ3n) is 12.8. The second-order valence-corrected chi connectivity index (χ2v) is 21.8. The zero-order valence-electron chi connectivity index (χ0n) is 48.4. The Morgan fingerprint density at radius 2 is 1.01 bits per heavy atom. The lowest BCUT2D eigenvalue weighted by molar-refractivity contribution is -0.143. The number of aliphatic hydroxyl groups is 1. The predicted molar refractivity (Wildman–Crippen MR) is 312 cm³/mol. The van der Waals surface area contributed by atoms with E-state index in [-0.39, 0.29) is 62.5 Å². The van der Waals surface area contributed by atoms with Crippen molar-refractivity contribution in [3.05, 3.63) is 59.7 Å². The molecule has 0 aromatic heterocycles. The van der Waals surface area contributed by atoms with Gasteiger partial charge < -0.3 is 95.9 Å². The molecule has 0 saturated heterocycles. The van der Waals surface area contributed by atoms with Crippen LogP contribution in [0.25, 0.3) is 0 Å². The zero-order chi connectivity index (χ0) is 64.8. The fraction of sp³-hybridized carbons (Fsp3) is 0.537. The molecule has 9 atom stereocenters. The van der Waals surface area contributed by atoms with Gasteiger partial charge in [0.05, 0.1) is 25.6 Å². The maximum absolute atomic E-state index is 14.1. The fourth-order valence-corrected chi connectivity index (χ4v) is 8.60. The van der Waals surface area contributed by atoms with Gasteiger partial charge >= 0.3 is 11.9 Å². The first-order valence-electron chi connectivity index (χ1n) is 27.4. The van der Waals surface area contributed by atoms with Gasteiger partial charge in [-0.3, -0.25) is 58.1 Å². The summed E-state index contributed by atoms with van der Waals surface area (Å²) in [6, 6.07) is -2.70. The molecule has 22 N–H and O–H groups in total. The number of aliphatic hydroxyl groups excluding tert-OH is 1. The van der Waals surface area contributed by atoms with E-state index >= 15 is 0 Å². The molecule has 0 radical (unpaired) electrons. The summed E-state index contributed by atoms with van der Waals surface area (Å²) < 4.78 is 0. The number of carbonyl (C=O) groups is 12. The Balaban J connectivity index is 2.37. The number of carbonyl (C=O) groups excluding carboxylic acids is 10. The van der Waals surface area contributed by atoms with Crippen molar-refractivity contribution >= 4 is 88.7 Å². The molecule has 32 heteroatoms. The molecule has 10 amide bonds. The predicted octanol–water partition coefficient (Wildman–Crippen LogP) is -4.26. The minimum Gasteiger partial charge on any atom is -0.508 e. The van der Waals surface area contributed by atoms with Crippen molar-refractivity contribution in [1.82, 2.24) is 53.2 Å². The number of amides is 10. The lowest BCUT2D eigenvalue weighted by Crippen LogP contribution is -2.60. The van der Waals surface area contributed by atoms with Gasteiger partial charge in [0.2, 0.25) is 59.1 Å². The van der Waals surface area contributed by atoms with E-state index in [0.29, 0.717) is 16.9 Å². The fourth-order valence-electron chi connectivity index (χ4n) is 8.11. The molecule has 0 unspecified atom stereocenters. The zero-order valence-corrected chi connectivity index (χ0v) is 49.3. The van der Waals surface area contributed by atoms with Crippen molar-refractivity contribution in [2.75, 3.05) is 31.7 Å². The average molecular weight is 1230 g/mol. The van der Waals surface area contributed by atoms with Crippen LogP contribution in [0.1, 0.15) is 83.8 Å². The average Bonchev–Trinajstić information content (AvgIpc) is 3.44. The molecular weight excluding hydrogens is 1150 g/mol. The number of thioether (sulfide) groups is 1. The molecule has 0 saturated carbocycles. The second kappa shape index (κ2) is 37.5. The Kier molecular flexibility index (Phi) is 32.0. The van der Waals surface area contributed by atoms with Crippen LogP contribution in [-0.2, 0) is 70.4 Å². The van der Waals surface area contributed by atoms with Gasteiger partial charge in [0.1, 0.15) is 59.8 Å². The van der Waals surface area contributed by atoms with Crippen LogP contribution < -0.4 is 70.4 Å². The first-order valence-corrected chi connectivity index (χ1v) is 28.8. The largest absolute Gasteiger partial charge is 0.508 e. The van der Waals surface area contributed by atoms with Gasteiger partial charge in [-0.25, -0.2) is 4.79 Å². The van der Waals surface area contributed by atoms with Crippen molar-refractivity contribution in [3.8, 4) is 11.5 Å². The summed E-state index contributed by atoms with van der Waals surface area (Å²) in [5.74, 6) is -13.9. The number of nitrogens with two attached hydrogens (primary N) is 3. The van der Waals surface area contributed by atoms with Gasteiger partial charge in [-0.2, -0.15) is 11.8 Å². The molecule has 2 aromatic carbocycles. The maximum Gasteiger partial charge on any atom is 0.326 e. The molecule has 0 fully saturated rings. The van der Waals surface area contributed by atoms with Crippen molar-refractivity contribution in [1.29, 1.82) is 5.41 Å². The number of hydrogen-bond donors (Lipinski definition) is 19. The van der Waals surface area contributed by atoms with Gasteiger partial charge in [0, 0.05) is 25.8 Å². The Morgan fingerprint density at radius 1 is 0.558 bits per heavy atom. The van der Waals surface area contributed by atoms with Crippen molar-refractivity contribution in [2.24, 2.45) is 29.0 Å². The number of benzene rings is 2. The lowest BCUT2D eigenvalue weighted by atomic mass is 10.0. The highest BCUT2D eigenvalue weighted by Crippen LogP contribution is 2.16. The Hall–Kier alpha value is -8.78. The summed E-state index contributed by atoms with van der Waals surface area (Å²) in [6.07, 6.45) is -0.673. The molecule has 0 bridgehead atoms. The second-order valence-electron chi connectivity index (χ2n) is 20.8. The van der Waals surface area contributed by atoms with Crippen molar-refractivity contribution < 1.29 is 83.1 Å². The molecule has 0 spiro atoms. The number of aliphatic carboxylic acids is 2. The van der Waals surface area contributed by atoms with E-state index in [1.807, 2.05) is 0 Å². The Bertz CT molecular complexity index is 2670. The molecule has 0 heterocycles. The first kappa shape index (κ1) is 73.3. The van der Waals surface area contributed by atoms with Crippen LogP contribution in [0.5, 0.6) is 11.5 Å². The molecule has 2 rings (SSSR count). The summed E-state index contributed by atoms with van der Waals surface area (Å²) >= 11 is 1.40. The number of rotatable bonds is 39. The monoisotopic (exact) mass is 1230 g/mol. The number of phenols is 2. The molecule has 86 heavy (non-hydrogen) atoms. The number of carboxylic acids is 2. The van der Waals surface area contributed by atoms with Crippen LogP contribution in [0.4, 0.5) is 0 Å².